The van der Waals surface area contributed by atoms with Crippen LogP contribution in [0.5, 0.6) is 0 Å². The number of rotatable bonds is 6. The number of nitrogens with zero attached hydrogens (tertiary/aromatic N) is 1. The molecule has 1 N–H and O–H groups in total. The molecule has 1 aliphatic rings. The number of hydrogen-bond acceptors (Lipinski definition) is 3. The van der Waals surface area contributed by atoms with E-state index < -0.39 is 16.0 Å². The Balaban J connectivity index is 2.56. The van der Waals surface area contributed by atoms with E-state index in [0.717, 1.165) is 12.8 Å². The maximum atomic E-state index is 12.9. The molecule has 5 nitrogen and oxygen atoms in total. The number of aryl methyl sites for hydroxylation is 1. The van der Waals surface area contributed by atoms with E-state index in [2.05, 4.69) is 0 Å². The lowest BCUT2D eigenvalue weighted by Crippen LogP contribution is -2.39. The quantitative estimate of drug-likeness (QED) is 0.876. The highest BCUT2D eigenvalue weighted by atomic mass is 32.2. The molecule has 1 aliphatic carbocycles. The van der Waals surface area contributed by atoms with Gasteiger partial charge in [-0.2, -0.15) is 4.31 Å². The molecule has 1 saturated carbocycles. The topological polar surface area (TPSA) is 74.7 Å². The van der Waals surface area contributed by atoms with Gasteiger partial charge < -0.3 is 5.11 Å². The van der Waals surface area contributed by atoms with Gasteiger partial charge in [0.05, 0.1) is 10.5 Å². The fourth-order valence-corrected chi connectivity index (χ4v) is 4.76. The summed E-state index contributed by atoms with van der Waals surface area (Å²) < 4.78 is 27.4. The monoisotopic (exact) mass is 311 g/mol. The van der Waals surface area contributed by atoms with Crippen LogP contribution in [-0.2, 0) is 16.4 Å². The van der Waals surface area contributed by atoms with Crippen molar-refractivity contribution in [1.29, 1.82) is 0 Å². The molecular formula is C15H21NO4S. The van der Waals surface area contributed by atoms with Crippen LogP contribution in [0.15, 0.2) is 23.1 Å². The summed E-state index contributed by atoms with van der Waals surface area (Å²) in [6.45, 7) is 5.57. The van der Waals surface area contributed by atoms with Crippen molar-refractivity contribution in [3.63, 3.8) is 0 Å². The molecule has 0 aromatic heterocycles. The first kappa shape index (κ1) is 16.0. The van der Waals surface area contributed by atoms with E-state index in [1.165, 1.54) is 16.4 Å². The van der Waals surface area contributed by atoms with E-state index in [1.807, 2.05) is 20.8 Å². The van der Waals surface area contributed by atoms with Crippen LogP contribution in [-0.4, -0.2) is 35.9 Å². The Labute approximate surface area is 125 Å². The van der Waals surface area contributed by atoms with Gasteiger partial charge in [0.2, 0.25) is 10.0 Å². The highest BCUT2D eigenvalue weighted by molar-refractivity contribution is 7.89. The van der Waals surface area contributed by atoms with E-state index in [-0.39, 0.29) is 22.5 Å². The van der Waals surface area contributed by atoms with Crippen LogP contribution in [0.25, 0.3) is 0 Å². The molecule has 0 saturated heterocycles. The van der Waals surface area contributed by atoms with Gasteiger partial charge in [0.1, 0.15) is 0 Å². The van der Waals surface area contributed by atoms with E-state index in [0.29, 0.717) is 12.0 Å². The van der Waals surface area contributed by atoms with E-state index in [9.17, 15) is 13.2 Å². The van der Waals surface area contributed by atoms with Crippen LogP contribution in [0.2, 0.25) is 0 Å². The van der Waals surface area contributed by atoms with Crippen LogP contribution in [0, 0.1) is 0 Å². The molecule has 21 heavy (non-hydrogen) atoms. The predicted molar refractivity (Wildman–Crippen MR) is 80.0 cm³/mol. The minimum Gasteiger partial charge on any atom is -0.478 e. The number of sulfonamides is 1. The van der Waals surface area contributed by atoms with E-state index >= 15 is 0 Å². The lowest BCUT2D eigenvalue weighted by molar-refractivity contribution is 0.0696. The van der Waals surface area contributed by atoms with Crippen LogP contribution >= 0.6 is 0 Å². The Bertz CT molecular complexity index is 646. The van der Waals surface area contributed by atoms with E-state index in [1.54, 1.807) is 6.07 Å². The molecule has 0 spiro atoms. The average molecular weight is 311 g/mol. The fraction of sp³-hybridized carbons (Fsp3) is 0.533. The Morgan fingerprint density at radius 2 is 2.00 bits per heavy atom. The molecule has 0 bridgehead atoms. The summed E-state index contributed by atoms with van der Waals surface area (Å²) >= 11 is 0. The van der Waals surface area contributed by atoms with Crippen LogP contribution in [0.4, 0.5) is 0 Å². The standard InChI is InChI=1S/C15H21NO4S/c1-4-11-5-6-12(15(17)18)9-14(11)21(19,20)16(10(2)3)13-7-8-13/h5-6,9-10,13H,4,7-8H2,1-3H3,(H,17,18). The number of carboxylic acid groups (broad SMARTS) is 1. The number of carbonyl (C=O) groups is 1. The summed E-state index contributed by atoms with van der Waals surface area (Å²) in [4.78, 5) is 11.3. The van der Waals surface area contributed by atoms with Gasteiger partial charge >= 0.3 is 5.97 Å². The average Bonchev–Trinajstić information content (AvgIpc) is 3.21. The van der Waals surface area contributed by atoms with Crippen LogP contribution in [0.3, 0.4) is 0 Å². The van der Waals surface area contributed by atoms with Gasteiger partial charge in [0, 0.05) is 12.1 Å². The molecule has 2 rings (SSSR count). The largest absolute Gasteiger partial charge is 0.478 e. The molecule has 116 valence electrons. The zero-order valence-corrected chi connectivity index (χ0v) is 13.4. The third kappa shape index (κ3) is 3.11. The molecule has 1 fully saturated rings. The zero-order chi connectivity index (χ0) is 15.8. The van der Waals surface area contributed by atoms with Crippen LogP contribution in [0.1, 0.15) is 49.5 Å². The first-order valence-electron chi connectivity index (χ1n) is 7.18. The second-order valence-electron chi connectivity index (χ2n) is 5.64. The predicted octanol–water partition coefficient (Wildman–Crippen LogP) is 2.51. The second kappa shape index (κ2) is 5.77. The summed E-state index contributed by atoms with van der Waals surface area (Å²) in [7, 11) is -3.67. The molecule has 0 atom stereocenters. The Kier molecular flexibility index (Phi) is 4.39. The number of benzene rings is 1. The van der Waals surface area contributed by atoms with Crippen LogP contribution < -0.4 is 0 Å². The summed E-state index contributed by atoms with van der Waals surface area (Å²) in [6, 6.07) is 4.25. The van der Waals surface area contributed by atoms with E-state index in [4.69, 9.17) is 5.11 Å². The van der Waals surface area contributed by atoms with Gasteiger partial charge in [-0.3, -0.25) is 0 Å². The lowest BCUT2D eigenvalue weighted by Gasteiger charge is -2.27. The van der Waals surface area contributed by atoms with Gasteiger partial charge in [-0.25, -0.2) is 13.2 Å². The van der Waals surface area contributed by atoms with Gasteiger partial charge in [-0.05, 0) is 50.8 Å². The van der Waals surface area contributed by atoms with Crippen molar-refractivity contribution in [2.75, 3.05) is 0 Å². The molecule has 0 radical (unpaired) electrons. The number of hydrogen-bond donors (Lipinski definition) is 1. The van der Waals surface area contributed by atoms with Gasteiger partial charge in [0.15, 0.2) is 0 Å². The van der Waals surface area contributed by atoms with Crippen molar-refractivity contribution in [1.82, 2.24) is 4.31 Å². The summed E-state index contributed by atoms with van der Waals surface area (Å²) in [5, 5.41) is 9.10. The van der Waals surface area contributed by atoms with Crippen molar-refractivity contribution >= 4 is 16.0 Å². The van der Waals surface area contributed by atoms with Crippen molar-refractivity contribution in [3.05, 3.63) is 29.3 Å². The molecular weight excluding hydrogens is 290 g/mol. The highest BCUT2D eigenvalue weighted by Gasteiger charge is 2.40. The Morgan fingerprint density at radius 3 is 2.43 bits per heavy atom. The summed E-state index contributed by atoms with van der Waals surface area (Å²) in [6.07, 6.45) is 2.29. The molecule has 0 aliphatic heterocycles. The van der Waals surface area contributed by atoms with Gasteiger partial charge in [-0.1, -0.05) is 13.0 Å². The minimum atomic E-state index is -3.67. The van der Waals surface area contributed by atoms with Crippen molar-refractivity contribution in [2.24, 2.45) is 0 Å². The Hall–Kier alpha value is -1.40. The maximum Gasteiger partial charge on any atom is 0.335 e. The molecule has 6 heteroatoms. The normalized spacial score (nSPS) is 15.7. The third-order valence-electron chi connectivity index (χ3n) is 3.67. The summed E-state index contributed by atoms with van der Waals surface area (Å²) in [5.41, 5.74) is 0.663. The smallest absolute Gasteiger partial charge is 0.335 e. The summed E-state index contributed by atoms with van der Waals surface area (Å²) in [5.74, 6) is -1.11. The maximum absolute atomic E-state index is 12.9. The third-order valence-corrected chi connectivity index (χ3v) is 5.88. The van der Waals surface area contributed by atoms with Crippen molar-refractivity contribution < 1.29 is 18.3 Å². The molecule has 0 unspecified atom stereocenters. The van der Waals surface area contributed by atoms with Gasteiger partial charge in [-0.15, -0.1) is 0 Å². The number of carboxylic acids is 1. The Morgan fingerprint density at radius 1 is 1.38 bits per heavy atom. The highest BCUT2D eigenvalue weighted by Crippen LogP contribution is 2.35. The van der Waals surface area contributed by atoms with Gasteiger partial charge in [0.25, 0.3) is 0 Å². The zero-order valence-electron chi connectivity index (χ0n) is 12.5. The lowest BCUT2D eigenvalue weighted by atomic mass is 10.1. The SMILES string of the molecule is CCc1ccc(C(=O)O)cc1S(=O)(=O)N(C(C)C)C1CC1. The second-order valence-corrected chi connectivity index (χ2v) is 7.45. The first-order valence-corrected chi connectivity index (χ1v) is 8.62. The number of aromatic carboxylic acids is 1. The molecule has 0 heterocycles. The van der Waals surface area contributed by atoms with Crippen molar-refractivity contribution in [3.8, 4) is 0 Å². The minimum absolute atomic E-state index is 0.00489. The van der Waals surface area contributed by atoms with Crippen molar-refractivity contribution in [2.45, 2.75) is 57.0 Å². The molecule has 1 aromatic carbocycles. The first-order chi connectivity index (χ1) is 9.78. The fourth-order valence-electron chi connectivity index (χ4n) is 2.56. The molecule has 1 aromatic rings. The molecule has 0 amide bonds.